The van der Waals surface area contributed by atoms with Crippen molar-refractivity contribution in [1.29, 1.82) is 0 Å². The van der Waals surface area contributed by atoms with Crippen LogP contribution < -0.4 is 9.46 Å². The molecule has 4 nitrogen and oxygen atoms in total. The Morgan fingerprint density at radius 2 is 1.70 bits per heavy atom. The number of hydrogen-bond acceptors (Lipinski definition) is 3. The van der Waals surface area contributed by atoms with Crippen molar-refractivity contribution in [2.45, 2.75) is 44.9 Å². The lowest BCUT2D eigenvalue weighted by atomic mass is 10.0. The van der Waals surface area contributed by atoms with Crippen LogP contribution in [0.5, 0.6) is 5.75 Å². The zero-order chi connectivity index (χ0) is 15.0. The molecule has 0 aliphatic carbocycles. The molecule has 1 rings (SSSR count). The van der Waals surface area contributed by atoms with Gasteiger partial charge >= 0.3 is 0 Å². The SMILES string of the molecule is CCCOc1ccc(S(=O)(=O)NCC(CC)CC)cc1. The van der Waals surface area contributed by atoms with E-state index in [9.17, 15) is 8.42 Å². The van der Waals surface area contributed by atoms with Crippen LogP contribution >= 0.6 is 0 Å². The summed E-state index contributed by atoms with van der Waals surface area (Å²) in [5.74, 6) is 1.09. The lowest BCUT2D eigenvalue weighted by Crippen LogP contribution is -2.29. The fourth-order valence-electron chi connectivity index (χ4n) is 1.82. The van der Waals surface area contributed by atoms with Crippen LogP contribution in [0, 0.1) is 5.92 Å². The molecule has 0 fully saturated rings. The fourth-order valence-corrected chi connectivity index (χ4v) is 2.94. The van der Waals surface area contributed by atoms with Crippen LogP contribution in [-0.2, 0) is 10.0 Å². The van der Waals surface area contributed by atoms with Gasteiger partial charge in [0, 0.05) is 6.54 Å². The molecule has 0 spiro atoms. The molecule has 1 aromatic carbocycles. The predicted octanol–water partition coefficient (Wildman–Crippen LogP) is 3.19. The molecule has 0 atom stereocenters. The van der Waals surface area contributed by atoms with Gasteiger partial charge in [-0.1, -0.05) is 33.6 Å². The van der Waals surface area contributed by atoms with Gasteiger partial charge in [-0.05, 0) is 36.6 Å². The van der Waals surface area contributed by atoms with Gasteiger partial charge in [0.1, 0.15) is 5.75 Å². The van der Waals surface area contributed by atoms with Gasteiger partial charge in [0.2, 0.25) is 10.0 Å². The van der Waals surface area contributed by atoms with Crippen molar-refractivity contribution in [1.82, 2.24) is 4.72 Å². The van der Waals surface area contributed by atoms with Gasteiger partial charge in [-0.25, -0.2) is 13.1 Å². The highest BCUT2D eigenvalue weighted by atomic mass is 32.2. The van der Waals surface area contributed by atoms with Crippen LogP contribution in [0.15, 0.2) is 29.2 Å². The minimum absolute atomic E-state index is 0.285. The number of nitrogens with one attached hydrogen (secondary N) is 1. The van der Waals surface area contributed by atoms with E-state index in [1.807, 2.05) is 6.92 Å². The number of sulfonamides is 1. The third-order valence-electron chi connectivity index (χ3n) is 3.32. The molecular formula is C15H25NO3S. The largest absolute Gasteiger partial charge is 0.494 e. The lowest BCUT2D eigenvalue weighted by Gasteiger charge is -2.14. The van der Waals surface area contributed by atoms with Crippen LogP contribution in [0.4, 0.5) is 0 Å². The Morgan fingerprint density at radius 3 is 2.20 bits per heavy atom. The van der Waals surface area contributed by atoms with Gasteiger partial charge in [-0.2, -0.15) is 0 Å². The van der Waals surface area contributed by atoms with Crippen molar-refractivity contribution in [3.63, 3.8) is 0 Å². The molecule has 0 unspecified atom stereocenters. The molecule has 1 aromatic rings. The third-order valence-corrected chi connectivity index (χ3v) is 4.76. The van der Waals surface area contributed by atoms with Crippen molar-refractivity contribution in [2.75, 3.05) is 13.2 Å². The molecule has 0 amide bonds. The monoisotopic (exact) mass is 299 g/mol. The Balaban J connectivity index is 2.67. The van der Waals surface area contributed by atoms with Crippen LogP contribution in [0.3, 0.4) is 0 Å². The zero-order valence-corrected chi connectivity index (χ0v) is 13.4. The Kier molecular flexibility index (Phi) is 7.02. The van der Waals surface area contributed by atoms with Crippen LogP contribution in [0.1, 0.15) is 40.0 Å². The van der Waals surface area contributed by atoms with Gasteiger partial charge in [-0.3, -0.25) is 0 Å². The first-order valence-corrected chi connectivity index (χ1v) is 8.74. The van der Waals surface area contributed by atoms with Crippen LogP contribution in [0.25, 0.3) is 0 Å². The van der Waals surface area contributed by atoms with Crippen molar-refractivity contribution in [2.24, 2.45) is 5.92 Å². The van der Waals surface area contributed by atoms with Gasteiger partial charge < -0.3 is 4.74 Å². The maximum atomic E-state index is 12.1. The average molecular weight is 299 g/mol. The Bertz CT molecular complexity index is 478. The summed E-state index contributed by atoms with van der Waals surface area (Å²) in [6.45, 7) is 7.30. The summed E-state index contributed by atoms with van der Waals surface area (Å²) in [6, 6.07) is 6.56. The highest BCUT2D eigenvalue weighted by Crippen LogP contribution is 2.16. The molecule has 5 heteroatoms. The Morgan fingerprint density at radius 1 is 1.10 bits per heavy atom. The standard InChI is InChI=1S/C15H25NO3S/c1-4-11-19-14-7-9-15(10-8-14)20(17,18)16-12-13(5-2)6-3/h7-10,13,16H,4-6,11-12H2,1-3H3. The summed E-state index contributed by atoms with van der Waals surface area (Å²) < 4.78 is 32.4. The van der Waals surface area contributed by atoms with E-state index in [0.29, 0.717) is 24.8 Å². The number of rotatable bonds is 9. The highest BCUT2D eigenvalue weighted by molar-refractivity contribution is 7.89. The Labute approximate surface area is 122 Å². The van der Waals surface area contributed by atoms with E-state index in [0.717, 1.165) is 19.3 Å². The molecule has 20 heavy (non-hydrogen) atoms. The summed E-state index contributed by atoms with van der Waals surface area (Å²) in [7, 11) is -3.42. The average Bonchev–Trinajstić information content (AvgIpc) is 2.46. The van der Waals surface area contributed by atoms with Crippen LogP contribution in [-0.4, -0.2) is 21.6 Å². The van der Waals surface area contributed by atoms with Crippen molar-refractivity contribution in [3.05, 3.63) is 24.3 Å². The zero-order valence-electron chi connectivity index (χ0n) is 12.6. The summed E-state index contributed by atoms with van der Waals surface area (Å²) in [4.78, 5) is 0.285. The molecule has 0 saturated carbocycles. The lowest BCUT2D eigenvalue weighted by molar-refractivity contribution is 0.317. The molecule has 0 heterocycles. The minimum Gasteiger partial charge on any atom is -0.494 e. The normalized spacial score (nSPS) is 11.8. The van der Waals surface area contributed by atoms with E-state index < -0.39 is 10.0 Å². The number of benzene rings is 1. The maximum absolute atomic E-state index is 12.1. The van der Waals surface area contributed by atoms with Crippen LogP contribution in [0.2, 0.25) is 0 Å². The van der Waals surface area contributed by atoms with Gasteiger partial charge in [0.05, 0.1) is 11.5 Å². The molecule has 0 aliphatic heterocycles. The first kappa shape index (κ1) is 17.0. The van der Waals surface area contributed by atoms with E-state index in [4.69, 9.17) is 4.74 Å². The third kappa shape index (κ3) is 5.13. The van der Waals surface area contributed by atoms with E-state index in [1.165, 1.54) is 0 Å². The molecular weight excluding hydrogens is 274 g/mol. The van der Waals surface area contributed by atoms with E-state index in [-0.39, 0.29) is 4.90 Å². The first-order chi connectivity index (χ1) is 9.53. The van der Waals surface area contributed by atoms with Crippen molar-refractivity contribution in [3.8, 4) is 5.75 Å². The first-order valence-electron chi connectivity index (χ1n) is 7.26. The molecule has 0 bridgehead atoms. The minimum atomic E-state index is -3.42. The number of hydrogen-bond donors (Lipinski definition) is 1. The summed E-state index contributed by atoms with van der Waals surface area (Å²) in [6.07, 6.45) is 2.88. The topological polar surface area (TPSA) is 55.4 Å². The molecule has 0 saturated heterocycles. The highest BCUT2D eigenvalue weighted by Gasteiger charge is 2.15. The molecule has 0 aromatic heterocycles. The van der Waals surface area contributed by atoms with Gasteiger partial charge in [0.25, 0.3) is 0 Å². The quantitative estimate of drug-likeness (QED) is 0.762. The van der Waals surface area contributed by atoms with Crippen molar-refractivity contribution >= 4 is 10.0 Å². The molecule has 114 valence electrons. The second-order valence-electron chi connectivity index (χ2n) is 4.85. The maximum Gasteiger partial charge on any atom is 0.240 e. The molecule has 0 radical (unpaired) electrons. The Hall–Kier alpha value is -1.07. The second kappa shape index (κ2) is 8.27. The van der Waals surface area contributed by atoms with E-state index >= 15 is 0 Å². The molecule has 1 N–H and O–H groups in total. The second-order valence-corrected chi connectivity index (χ2v) is 6.62. The smallest absolute Gasteiger partial charge is 0.240 e. The summed E-state index contributed by atoms with van der Waals surface area (Å²) >= 11 is 0. The molecule has 0 aliphatic rings. The number of ether oxygens (including phenoxy) is 1. The van der Waals surface area contributed by atoms with Gasteiger partial charge in [0.15, 0.2) is 0 Å². The summed E-state index contributed by atoms with van der Waals surface area (Å²) in [5.41, 5.74) is 0. The predicted molar refractivity (Wildman–Crippen MR) is 81.5 cm³/mol. The van der Waals surface area contributed by atoms with E-state index in [1.54, 1.807) is 24.3 Å². The fraction of sp³-hybridized carbons (Fsp3) is 0.600. The summed E-state index contributed by atoms with van der Waals surface area (Å²) in [5, 5.41) is 0. The van der Waals surface area contributed by atoms with Crippen molar-refractivity contribution < 1.29 is 13.2 Å². The van der Waals surface area contributed by atoms with E-state index in [2.05, 4.69) is 18.6 Å². The van der Waals surface area contributed by atoms with Gasteiger partial charge in [-0.15, -0.1) is 0 Å².